The molecule has 3 N–H and O–H groups in total. The number of ether oxygens (including phenoxy) is 1. The molecule has 0 aromatic carbocycles. The van der Waals surface area contributed by atoms with Crippen molar-refractivity contribution in [3.8, 4) is 0 Å². The lowest BCUT2D eigenvalue weighted by Gasteiger charge is -2.23. The molecule has 2 aromatic rings. The van der Waals surface area contributed by atoms with Crippen LogP contribution in [0.15, 0.2) is 24.4 Å². The van der Waals surface area contributed by atoms with Gasteiger partial charge in [-0.25, -0.2) is 0 Å². The molecule has 1 amide bonds. The molecule has 0 bridgehead atoms. The maximum Gasteiger partial charge on any atom is 0.276 e. The number of aromatic amines is 1. The second-order valence-electron chi connectivity index (χ2n) is 5.85. The second kappa shape index (κ2) is 6.89. The lowest BCUT2D eigenvalue weighted by molar-refractivity contribution is 0.0250. The number of hydrogen-bond donors (Lipinski definition) is 3. The van der Waals surface area contributed by atoms with Gasteiger partial charge in [0.25, 0.3) is 5.91 Å². The monoisotopic (exact) mass is 315 g/mol. The van der Waals surface area contributed by atoms with Gasteiger partial charge in [0.05, 0.1) is 24.2 Å². The maximum atomic E-state index is 12.2. The third kappa shape index (κ3) is 3.75. The number of carbonyl (C=O) groups is 1. The van der Waals surface area contributed by atoms with Gasteiger partial charge in [0, 0.05) is 18.8 Å². The van der Waals surface area contributed by atoms with E-state index in [0.717, 1.165) is 24.5 Å². The number of pyridine rings is 1. The molecule has 1 saturated heterocycles. The molecule has 3 heterocycles. The SMILES string of the molecule is CC(C)c1cc(C(=O)Nc2ccc([C@@H]3CNCCO3)nc2)n[nH]1. The number of aromatic nitrogens is 3. The summed E-state index contributed by atoms with van der Waals surface area (Å²) in [4.78, 5) is 16.6. The minimum absolute atomic E-state index is 0.0339. The Hall–Kier alpha value is -2.25. The molecule has 2 aromatic heterocycles. The molecule has 0 unspecified atom stereocenters. The molecule has 122 valence electrons. The summed E-state index contributed by atoms with van der Waals surface area (Å²) < 4.78 is 5.65. The Morgan fingerprint density at radius 2 is 2.30 bits per heavy atom. The molecule has 0 saturated carbocycles. The molecule has 0 radical (unpaired) electrons. The van der Waals surface area contributed by atoms with Crippen LogP contribution in [0, 0.1) is 0 Å². The third-order valence-corrected chi connectivity index (χ3v) is 3.75. The number of morpholine rings is 1. The molecule has 1 aliphatic heterocycles. The Labute approximate surface area is 134 Å². The highest BCUT2D eigenvalue weighted by molar-refractivity contribution is 6.02. The molecule has 1 aliphatic rings. The molecule has 7 nitrogen and oxygen atoms in total. The van der Waals surface area contributed by atoms with Gasteiger partial charge < -0.3 is 15.4 Å². The topological polar surface area (TPSA) is 91.9 Å². The van der Waals surface area contributed by atoms with Crippen molar-refractivity contribution in [2.45, 2.75) is 25.9 Å². The quantitative estimate of drug-likeness (QED) is 0.801. The first-order valence-corrected chi connectivity index (χ1v) is 7.78. The number of nitrogens with zero attached hydrogens (tertiary/aromatic N) is 2. The number of nitrogens with one attached hydrogen (secondary N) is 3. The van der Waals surface area contributed by atoms with Gasteiger partial charge in [0.2, 0.25) is 0 Å². The Morgan fingerprint density at radius 3 is 2.91 bits per heavy atom. The van der Waals surface area contributed by atoms with Crippen molar-refractivity contribution in [3.05, 3.63) is 41.5 Å². The highest BCUT2D eigenvalue weighted by Gasteiger charge is 2.17. The number of carbonyl (C=O) groups excluding carboxylic acids is 1. The second-order valence-corrected chi connectivity index (χ2v) is 5.85. The van der Waals surface area contributed by atoms with Crippen molar-refractivity contribution >= 4 is 11.6 Å². The van der Waals surface area contributed by atoms with E-state index < -0.39 is 0 Å². The molecule has 23 heavy (non-hydrogen) atoms. The number of hydrogen-bond acceptors (Lipinski definition) is 5. The number of amides is 1. The van der Waals surface area contributed by atoms with Gasteiger partial charge in [-0.3, -0.25) is 14.9 Å². The van der Waals surface area contributed by atoms with E-state index in [0.29, 0.717) is 23.9 Å². The number of anilines is 1. The average molecular weight is 315 g/mol. The normalized spacial score (nSPS) is 18.1. The van der Waals surface area contributed by atoms with Crippen molar-refractivity contribution in [1.29, 1.82) is 0 Å². The van der Waals surface area contributed by atoms with E-state index >= 15 is 0 Å². The van der Waals surface area contributed by atoms with E-state index in [9.17, 15) is 4.79 Å². The van der Waals surface area contributed by atoms with Gasteiger partial charge in [0.1, 0.15) is 6.10 Å². The van der Waals surface area contributed by atoms with Gasteiger partial charge in [-0.1, -0.05) is 13.8 Å². The van der Waals surface area contributed by atoms with E-state index in [1.165, 1.54) is 0 Å². The summed E-state index contributed by atoms with van der Waals surface area (Å²) in [5.74, 6) is 0.0485. The highest BCUT2D eigenvalue weighted by Crippen LogP contribution is 2.18. The standard InChI is InChI=1S/C16H21N5O2/c1-10(2)13-7-14(21-20-13)16(22)19-11-3-4-12(18-8-11)15-9-17-5-6-23-15/h3-4,7-8,10,15,17H,5-6,9H2,1-2H3,(H,19,22)(H,20,21)/t15-/m0/s1. The Bertz CT molecular complexity index is 659. The molecule has 0 aliphatic carbocycles. The van der Waals surface area contributed by atoms with E-state index in [1.807, 2.05) is 26.0 Å². The van der Waals surface area contributed by atoms with Crippen LogP contribution in [0.1, 0.15) is 47.7 Å². The lowest BCUT2D eigenvalue weighted by Crippen LogP contribution is -2.33. The Kier molecular flexibility index (Phi) is 4.68. The van der Waals surface area contributed by atoms with Crippen LogP contribution in [0.2, 0.25) is 0 Å². The minimum Gasteiger partial charge on any atom is -0.369 e. The average Bonchev–Trinajstić information content (AvgIpc) is 3.07. The highest BCUT2D eigenvalue weighted by atomic mass is 16.5. The van der Waals surface area contributed by atoms with Crippen LogP contribution in [0.5, 0.6) is 0 Å². The maximum absolute atomic E-state index is 12.2. The fraction of sp³-hybridized carbons (Fsp3) is 0.438. The molecule has 3 rings (SSSR count). The van der Waals surface area contributed by atoms with Gasteiger partial charge >= 0.3 is 0 Å². The van der Waals surface area contributed by atoms with Crippen molar-refractivity contribution in [2.75, 3.05) is 25.0 Å². The number of H-pyrrole nitrogens is 1. The lowest BCUT2D eigenvalue weighted by atomic mass is 10.1. The van der Waals surface area contributed by atoms with Gasteiger partial charge in [0.15, 0.2) is 5.69 Å². The molecular formula is C16H21N5O2. The van der Waals surface area contributed by atoms with Gasteiger partial charge in [-0.15, -0.1) is 0 Å². The van der Waals surface area contributed by atoms with Crippen molar-refractivity contribution in [2.24, 2.45) is 0 Å². The van der Waals surface area contributed by atoms with Crippen LogP contribution in [0.4, 0.5) is 5.69 Å². The first-order chi connectivity index (χ1) is 11.1. The largest absolute Gasteiger partial charge is 0.369 e. The minimum atomic E-state index is -0.252. The zero-order chi connectivity index (χ0) is 16.2. The summed E-state index contributed by atoms with van der Waals surface area (Å²) in [6, 6.07) is 5.47. The molecule has 0 spiro atoms. The van der Waals surface area contributed by atoms with E-state index in [4.69, 9.17) is 4.74 Å². The molecular weight excluding hydrogens is 294 g/mol. The van der Waals surface area contributed by atoms with Gasteiger partial charge in [-0.05, 0) is 24.1 Å². The molecule has 1 fully saturated rings. The zero-order valence-electron chi connectivity index (χ0n) is 13.3. The Balaban J connectivity index is 1.64. The summed E-state index contributed by atoms with van der Waals surface area (Å²) in [7, 11) is 0. The predicted octanol–water partition coefficient (Wildman–Crippen LogP) is 1.84. The third-order valence-electron chi connectivity index (χ3n) is 3.75. The van der Waals surface area contributed by atoms with E-state index in [2.05, 4.69) is 25.8 Å². The first kappa shape index (κ1) is 15.6. The summed E-state index contributed by atoms with van der Waals surface area (Å²) in [5.41, 5.74) is 2.80. The summed E-state index contributed by atoms with van der Waals surface area (Å²) >= 11 is 0. The fourth-order valence-corrected chi connectivity index (χ4v) is 2.37. The van der Waals surface area contributed by atoms with Crippen LogP contribution in [0.25, 0.3) is 0 Å². The summed E-state index contributed by atoms with van der Waals surface area (Å²) in [6.07, 6.45) is 1.61. The molecule has 1 atom stereocenters. The van der Waals surface area contributed by atoms with Crippen LogP contribution >= 0.6 is 0 Å². The van der Waals surface area contributed by atoms with Crippen LogP contribution < -0.4 is 10.6 Å². The number of rotatable bonds is 4. The smallest absolute Gasteiger partial charge is 0.276 e. The van der Waals surface area contributed by atoms with Crippen LogP contribution in [0.3, 0.4) is 0 Å². The van der Waals surface area contributed by atoms with Gasteiger partial charge in [-0.2, -0.15) is 5.10 Å². The van der Waals surface area contributed by atoms with E-state index in [-0.39, 0.29) is 12.0 Å². The zero-order valence-corrected chi connectivity index (χ0v) is 13.3. The van der Waals surface area contributed by atoms with Crippen molar-refractivity contribution < 1.29 is 9.53 Å². The molecule has 7 heteroatoms. The fourth-order valence-electron chi connectivity index (χ4n) is 2.37. The van der Waals surface area contributed by atoms with Crippen molar-refractivity contribution in [3.63, 3.8) is 0 Å². The summed E-state index contributed by atoms with van der Waals surface area (Å²) in [6.45, 7) is 6.39. The first-order valence-electron chi connectivity index (χ1n) is 7.78. The van der Waals surface area contributed by atoms with Crippen LogP contribution in [-0.2, 0) is 4.74 Å². The van der Waals surface area contributed by atoms with Crippen LogP contribution in [-0.4, -0.2) is 40.8 Å². The summed E-state index contributed by atoms with van der Waals surface area (Å²) in [5, 5.41) is 13.0. The van der Waals surface area contributed by atoms with Crippen molar-refractivity contribution in [1.82, 2.24) is 20.5 Å². The Morgan fingerprint density at radius 1 is 1.43 bits per heavy atom. The predicted molar refractivity (Wildman–Crippen MR) is 86.4 cm³/mol. The van der Waals surface area contributed by atoms with E-state index in [1.54, 1.807) is 12.3 Å².